The summed E-state index contributed by atoms with van der Waals surface area (Å²) in [4.78, 5) is 24.2. The minimum atomic E-state index is -0.445. The number of methoxy groups -OCH3 is 1. The molecular weight excluding hydrogens is 357 g/mol. The van der Waals surface area contributed by atoms with Crippen LogP contribution in [-0.4, -0.2) is 31.3 Å². The fourth-order valence-corrected chi connectivity index (χ4v) is 2.83. The molecule has 0 fully saturated rings. The Kier molecular flexibility index (Phi) is 7.95. The van der Waals surface area contributed by atoms with Crippen molar-refractivity contribution in [3.63, 3.8) is 0 Å². The van der Waals surface area contributed by atoms with Gasteiger partial charge in [0.2, 0.25) is 0 Å². The maximum atomic E-state index is 12.8. The van der Waals surface area contributed by atoms with Crippen LogP contribution < -0.4 is 10.1 Å². The molecule has 2 aromatic carbocycles. The summed E-state index contributed by atoms with van der Waals surface area (Å²) in [5.41, 5.74) is 0.918. The van der Waals surface area contributed by atoms with Crippen LogP contribution in [0.15, 0.2) is 53.4 Å². The molecule has 0 heterocycles. The average Bonchev–Trinajstić information content (AvgIpc) is 2.66. The van der Waals surface area contributed by atoms with Crippen LogP contribution in [0.25, 0.3) is 0 Å². The number of hydrogen-bond acceptors (Lipinski definition) is 5. The Morgan fingerprint density at radius 1 is 1.08 bits per heavy atom. The van der Waals surface area contributed by atoms with Gasteiger partial charge < -0.3 is 14.8 Å². The topological polar surface area (TPSA) is 64.6 Å². The minimum absolute atomic E-state index is 0.174. The van der Waals surface area contributed by atoms with E-state index in [0.717, 1.165) is 16.2 Å². The first kappa shape index (κ1) is 19.8. The zero-order chi connectivity index (χ0) is 18.8. The second kappa shape index (κ2) is 10.5. The molecule has 0 unspecified atom stereocenters. The van der Waals surface area contributed by atoms with E-state index in [1.165, 1.54) is 23.9 Å². The van der Waals surface area contributed by atoms with Gasteiger partial charge in [0, 0.05) is 17.2 Å². The Morgan fingerprint density at radius 3 is 2.42 bits per heavy atom. The van der Waals surface area contributed by atoms with E-state index in [9.17, 15) is 14.0 Å². The van der Waals surface area contributed by atoms with E-state index in [4.69, 9.17) is 9.47 Å². The van der Waals surface area contributed by atoms with Gasteiger partial charge in [-0.2, -0.15) is 0 Å². The normalized spacial score (nSPS) is 10.2. The van der Waals surface area contributed by atoms with Gasteiger partial charge in [-0.3, -0.25) is 9.59 Å². The van der Waals surface area contributed by atoms with Gasteiger partial charge in [-0.1, -0.05) is 12.1 Å². The smallest absolute Gasteiger partial charge is 0.307 e. The molecule has 138 valence electrons. The van der Waals surface area contributed by atoms with Crippen molar-refractivity contribution in [3.8, 4) is 5.75 Å². The quantitative estimate of drug-likeness (QED) is 0.537. The van der Waals surface area contributed by atoms with E-state index in [1.54, 1.807) is 31.4 Å². The van der Waals surface area contributed by atoms with E-state index >= 15 is 0 Å². The molecule has 5 nitrogen and oxygen atoms in total. The van der Waals surface area contributed by atoms with Crippen molar-refractivity contribution >= 4 is 23.6 Å². The van der Waals surface area contributed by atoms with Crippen LogP contribution in [0.3, 0.4) is 0 Å². The molecule has 7 heteroatoms. The first-order chi connectivity index (χ1) is 12.6. The fraction of sp³-hybridized carbons (Fsp3) is 0.263. The Hall–Kier alpha value is -2.54. The van der Waals surface area contributed by atoms with Crippen molar-refractivity contribution in [3.05, 3.63) is 59.9 Å². The standard InChI is InChI=1S/C19H20FNO4S/c1-24-16-6-2-14(3-7-16)12-21-18(22)13-25-19(23)10-11-26-17-8-4-15(20)5-9-17/h2-9H,10-13H2,1H3,(H,21,22). The molecule has 2 rings (SSSR count). The lowest BCUT2D eigenvalue weighted by Gasteiger charge is -2.07. The third-order valence-corrected chi connectivity index (χ3v) is 4.42. The van der Waals surface area contributed by atoms with Crippen molar-refractivity contribution in [2.24, 2.45) is 0 Å². The van der Waals surface area contributed by atoms with Gasteiger partial charge in [-0.05, 0) is 42.0 Å². The molecule has 0 aromatic heterocycles. The van der Waals surface area contributed by atoms with Crippen molar-refractivity contribution in [1.29, 1.82) is 0 Å². The number of rotatable bonds is 9. The molecule has 0 aliphatic rings. The Balaban J connectivity index is 1.60. The molecule has 0 saturated heterocycles. The molecule has 1 N–H and O–H groups in total. The minimum Gasteiger partial charge on any atom is -0.497 e. The van der Waals surface area contributed by atoms with Crippen LogP contribution in [0.1, 0.15) is 12.0 Å². The molecule has 0 saturated carbocycles. The van der Waals surface area contributed by atoms with Gasteiger partial charge >= 0.3 is 5.97 Å². The van der Waals surface area contributed by atoms with Crippen molar-refractivity contribution in [2.75, 3.05) is 19.5 Å². The number of halogens is 1. The highest BCUT2D eigenvalue weighted by molar-refractivity contribution is 7.99. The molecule has 0 spiro atoms. The zero-order valence-corrected chi connectivity index (χ0v) is 15.2. The lowest BCUT2D eigenvalue weighted by atomic mass is 10.2. The van der Waals surface area contributed by atoms with Crippen LogP contribution in [0, 0.1) is 5.82 Å². The maximum absolute atomic E-state index is 12.8. The number of amides is 1. The Bertz CT molecular complexity index is 719. The van der Waals surface area contributed by atoms with Crippen LogP contribution in [0.2, 0.25) is 0 Å². The lowest BCUT2D eigenvalue weighted by Crippen LogP contribution is -2.28. The molecule has 0 radical (unpaired) electrons. The summed E-state index contributed by atoms with van der Waals surface area (Å²) in [5.74, 6) is 0.138. The van der Waals surface area contributed by atoms with E-state index in [-0.39, 0.29) is 24.8 Å². The van der Waals surface area contributed by atoms with E-state index in [0.29, 0.717) is 12.3 Å². The lowest BCUT2D eigenvalue weighted by molar-refractivity contribution is -0.148. The van der Waals surface area contributed by atoms with Gasteiger partial charge in [-0.15, -0.1) is 11.8 Å². The van der Waals surface area contributed by atoms with Crippen molar-refractivity contribution < 1.29 is 23.5 Å². The van der Waals surface area contributed by atoms with Gasteiger partial charge in [0.15, 0.2) is 6.61 Å². The largest absolute Gasteiger partial charge is 0.497 e. The number of nitrogens with one attached hydrogen (secondary N) is 1. The number of ether oxygens (including phenoxy) is 2. The monoisotopic (exact) mass is 377 g/mol. The number of benzene rings is 2. The number of thioether (sulfide) groups is 1. The fourth-order valence-electron chi connectivity index (χ4n) is 2.00. The van der Waals surface area contributed by atoms with Crippen LogP contribution in [0.5, 0.6) is 5.75 Å². The summed E-state index contributed by atoms with van der Waals surface area (Å²) >= 11 is 1.42. The Labute approximate surface area is 155 Å². The van der Waals surface area contributed by atoms with Crippen LogP contribution in [-0.2, 0) is 20.9 Å². The third-order valence-electron chi connectivity index (χ3n) is 3.40. The van der Waals surface area contributed by atoms with E-state index < -0.39 is 5.97 Å². The van der Waals surface area contributed by atoms with Gasteiger partial charge in [-0.25, -0.2) is 4.39 Å². The highest BCUT2D eigenvalue weighted by Crippen LogP contribution is 2.19. The molecule has 1 amide bonds. The Morgan fingerprint density at radius 2 is 1.77 bits per heavy atom. The molecular formula is C19H20FNO4S. The number of hydrogen-bond donors (Lipinski definition) is 1. The predicted octanol–water partition coefficient (Wildman–Crippen LogP) is 3.18. The third kappa shape index (κ3) is 7.14. The van der Waals surface area contributed by atoms with Gasteiger partial charge in [0.25, 0.3) is 5.91 Å². The van der Waals surface area contributed by atoms with Crippen molar-refractivity contribution in [1.82, 2.24) is 5.32 Å². The van der Waals surface area contributed by atoms with Crippen LogP contribution >= 0.6 is 11.8 Å². The summed E-state index contributed by atoms with van der Waals surface area (Å²) in [6.45, 7) is 0.0387. The first-order valence-corrected chi connectivity index (χ1v) is 8.99. The first-order valence-electron chi connectivity index (χ1n) is 8.00. The molecule has 26 heavy (non-hydrogen) atoms. The van der Waals surface area contributed by atoms with E-state index in [1.807, 2.05) is 12.1 Å². The summed E-state index contributed by atoms with van der Waals surface area (Å²) < 4.78 is 22.8. The number of carbonyl (C=O) groups excluding carboxylic acids is 2. The van der Waals surface area contributed by atoms with E-state index in [2.05, 4.69) is 5.32 Å². The summed E-state index contributed by atoms with van der Waals surface area (Å²) in [5, 5.41) is 2.68. The van der Waals surface area contributed by atoms with Gasteiger partial charge in [0.1, 0.15) is 11.6 Å². The summed E-state index contributed by atoms with van der Waals surface area (Å²) in [6, 6.07) is 13.3. The molecule has 0 bridgehead atoms. The zero-order valence-electron chi connectivity index (χ0n) is 14.4. The average molecular weight is 377 g/mol. The molecule has 0 aliphatic carbocycles. The van der Waals surface area contributed by atoms with Crippen molar-refractivity contribution in [2.45, 2.75) is 17.9 Å². The second-order valence-electron chi connectivity index (χ2n) is 5.34. The number of esters is 1. The highest BCUT2D eigenvalue weighted by atomic mass is 32.2. The predicted molar refractivity (Wildman–Crippen MR) is 97.5 cm³/mol. The highest BCUT2D eigenvalue weighted by Gasteiger charge is 2.08. The van der Waals surface area contributed by atoms with Crippen LogP contribution in [0.4, 0.5) is 4.39 Å². The maximum Gasteiger partial charge on any atom is 0.307 e. The summed E-state index contributed by atoms with van der Waals surface area (Å²) in [6.07, 6.45) is 0.174. The molecule has 0 aliphatic heterocycles. The number of carbonyl (C=O) groups is 2. The SMILES string of the molecule is COc1ccc(CNC(=O)COC(=O)CCSc2ccc(F)cc2)cc1. The molecule has 2 aromatic rings. The second-order valence-corrected chi connectivity index (χ2v) is 6.51. The van der Waals surface area contributed by atoms with Gasteiger partial charge in [0.05, 0.1) is 13.5 Å². The molecule has 0 atom stereocenters. The summed E-state index contributed by atoms with van der Waals surface area (Å²) in [7, 11) is 1.59.